The predicted molar refractivity (Wildman–Crippen MR) is 98.5 cm³/mol. The van der Waals surface area contributed by atoms with Crippen LogP contribution in [0, 0.1) is 6.92 Å². The van der Waals surface area contributed by atoms with E-state index >= 15 is 0 Å². The Morgan fingerprint density at radius 1 is 1.15 bits per heavy atom. The Balaban J connectivity index is 1.61. The minimum absolute atomic E-state index is 0.180. The molecule has 0 bridgehead atoms. The van der Waals surface area contributed by atoms with Gasteiger partial charge >= 0.3 is 5.69 Å². The van der Waals surface area contributed by atoms with Crippen LogP contribution in [0.3, 0.4) is 0 Å². The van der Waals surface area contributed by atoms with Crippen LogP contribution in [0.2, 0.25) is 0 Å². The number of amides is 1. The molecule has 134 valence electrons. The molecule has 0 atom stereocenters. The fourth-order valence-electron chi connectivity index (χ4n) is 2.66. The van der Waals surface area contributed by atoms with E-state index in [1.54, 1.807) is 24.3 Å². The summed E-state index contributed by atoms with van der Waals surface area (Å²) >= 11 is 0. The van der Waals surface area contributed by atoms with Gasteiger partial charge in [0.25, 0.3) is 5.56 Å². The lowest BCUT2D eigenvalue weighted by Gasteiger charge is -2.11. The molecule has 0 spiro atoms. The Kier molecular flexibility index (Phi) is 5.17. The number of hydrogen-bond donors (Lipinski definition) is 2. The van der Waals surface area contributed by atoms with Crippen molar-refractivity contribution in [2.24, 2.45) is 0 Å². The molecule has 3 rings (SSSR count). The lowest BCUT2D eigenvalue weighted by Crippen LogP contribution is -2.37. The molecule has 2 aromatic carbocycles. The molecule has 0 fully saturated rings. The molecule has 0 aliphatic rings. The van der Waals surface area contributed by atoms with Gasteiger partial charge in [0, 0.05) is 0 Å². The molecule has 0 saturated heterocycles. The normalized spacial score (nSPS) is 10.7. The number of aryl methyl sites for hydroxylation is 1. The van der Waals surface area contributed by atoms with Gasteiger partial charge in [-0.2, -0.15) is 0 Å². The highest BCUT2D eigenvalue weighted by Gasteiger charge is 2.10. The number of aromatic nitrogens is 2. The number of carbonyl (C=O) groups excluding carboxylic acids is 1. The first-order valence-corrected chi connectivity index (χ1v) is 8.22. The van der Waals surface area contributed by atoms with E-state index in [0.717, 1.165) is 11.3 Å². The van der Waals surface area contributed by atoms with Crippen molar-refractivity contribution < 1.29 is 9.53 Å². The number of carbonyl (C=O) groups is 1. The summed E-state index contributed by atoms with van der Waals surface area (Å²) in [4.78, 5) is 38.2. The second-order valence-corrected chi connectivity index (χ2v) is 5.88. The Labute approximate surface area is 149 Å². The highest BCUT2D eigenvalue weighted by molar-refractivity contribution is 5.81. The average molecular weight is 353 g/mol. The minimum Gasteiger partial charge on any atom is -0.492 e. The molecule has 26 heavy (non-hydrogen) atoms. The first-order chi connectivity index (χ1) is 12.5. The van der Waals surface area contributed by atoms with Crippen LogP contribution in [-0.4, -0.2) is 28.6 Å². The molecule has 7 heteroatoms. The number of benzene rings is 2. The second-order valence-electron chi connectivity index (χ2n) is 5.88. The lowest BCUT2D eigenvalue weighted by atomic mass is 10.2. The zero-order chi connectivity index (χ0) is 18.5. The van der Waals surface area contributed by atoms with Gasteiger partial charge in [-0.3, -0.25) is 19.1 Å². The van der Waals surface area contributed by atoms with Crippen molar-refractivity contribution in [3.8, 4) is 5.75 Å². The van der Waals surface area contributed by atoms with Gasteiger partial charge in [-0.15, -0.1) is 0 Å². The summed E-state index contributed by atoms with van der Waals surface area (Å²) < 4.78 is 6.81. The van der Waals surface area contributed by atoms with Crippen LogP contribution < -0.4 is 21.3 Å². The summed E-state index contributed by atoms with van der Waals surface area (Å²) in [5.74, 6) is 0.402. The fourth-order valence-corrected chi connectivity index (χ4v) is 2.66. The van der Waals surface area contributed by atoms with Gasteiger partial charge in [0.1, 0.15) is 18.9 Å². The quantitative estimate of drug-likeness (QED) is 0.651. The van der Waals surface area contributed by atoms with Crippen LogP contribution in [0.15, 0.2) is 58.1 Å². The Bertz CT molecular complexity index is 1050. The van der Waals surface area contributed by atoms with E-state index in [1.165, 1.54) is 4.57 Å². The van der Waals surface area contributed by atoms with Gasteiger partial charge in [0.15, 0.2) is 0 Å². The van der Waals surface area contributed by atoms with E-state index < -0.39 is 11.2 Å². The van der Waals surface area contributed by atoms with E-state index in [4.69, 9.17) is 4.74 Å². The molecule has 1 aromatic heterocycles. The molecule has 1 amide bonds. The smallest absolute Gasteiger partial charge is 0.329 e. The molecule has 3 aromatic rings. The third-order valence-electron chi connectivity index (χ3n) is 3.89. The van der Waals surface area contributed by atoms with Crippen LogP contribution in [0.25, 0.3) is 10.9 Å². The van der Waals surface area contributed by atoms with Gasteiger partial charge in [-0.1, -0.05) is 24.3 Å². The van der Waals surface area contributed by atoms with E-state index in [2.05, 4.69) is 10.3 Å². The van der Waals surface area contributed by atoms with Crippen molar-refractivity contribution in [3.05, 3.63) is 74.9 Å². The van der Waals surface area contributed by atoms with Gasteiger partial charge < -0.3 is 10.1 Å². The molecular formula is C19H19N3O4. The van der Waals surface area contributed by atoms with Crippen molar-refractivity contribution in [2.75, 3.05) is 13.2 Å². The number of rotatable bonds is 6. The summed E-state index contributed by atoms with van der Waals surface area (Å²) in [6.07, 6.45) is 0. The molecule has 0 aliphatic carbocycles. The molecule has 0 aliphatic heterocycles. The first-order valence-electron chi connectivity index (χ1n) is 8.22. The van der Waals surface area contributed by atoms with Crippen molar-refractivity contribution in [3.63, 3.8) is 0 Å². The summed E-state index contributed by atoms with van der Waals surface area (Å²) in [7, 11) is 0. The third kappa shape index (κ3) is 4.00. The third-order valence-corrected chi connectivity index (χ3v) is 3.89. The van der Waals surface area contributed by atoms with E-state index in [0.29, 0.717) is 24.1 Å². The lowest BCUT2D eigenvalue weighted by molar-refractivity contribution is -0.121. The Hall–Kier alpha value is -3.35. The predicted octanol–water partition coefficient (Wildman–Crippen LogP) is 1.19. The van der Waals surface area contributed by atoms with Crippen LogP contribution in [0.5, 0.6) is 5.75 Å². The average Bonchev–Trinajstić information content (AvgIpc) is 2.62. The van der Waals surface area contributed by atoms with Gasteiger partial charge in [-0.05, 0) is 36.8 Å². The maximum Gasteiger partial charge on any atom is 0.329 e. The van der Waals surface area contributed by atoms with Crippen molar-refractivity contribution >= 4 is 16.8 Å². The number of ether oxygens (including phenoxy) is 1. The molecule has 0 saturated carbocycles. The number of para-hydroxylation sites is 1. The highest BCUT2D eigenvalue weighted by Crippen LogP contribution is 2.11. The van der Waals surface area contributed by atoms with Crippen LogP contribution in [0.1, 0.15) is 5.56 Å². The van der Waals surface area contributed by atoms with E-state index in [-0.39, 0.29) is 12.5 Å². The fraction of sp³-hybridized carbons (Fsp3) is 0.211. The molecule has 0 radical (unpaired) electrons. The van der Waals surface area contributed by atoms with E-state index in [9.17, 15) is 14.4 Å². The molecule has 0 unspecified atom stereocenters. The Morgan fingerprint density at radius 3 is 2.77 bits per heavy atom. The largest absolute Gasteiger partial charge is 0.492 e. The summed E-state index contributed by atoms with van der Waals surface area (Å²) in [5, 5.41) is 3.07. The van der Waals surface area contributed by atoms with Crippen molar-refractivity contribution in [2.45, 2.75) is 13.5 Å². The van der Waals surface area contributed by atoms with E-state index in [1.807, 2.05) is 31.2 Å². The summed E-state index contributed by atoms with van der Waals surface area (Å²) in [6, 6.07) is 14.3. The molecule has 2 N–H and O–H groups in total. The number of nitrogens with one attached hydrogen (secondary N) is 2. The molecule has 7 nitrogen and oxygen atoms in total. The zero-order valence-corrected chi connectivity index (χ0v) is 14.3. The van der Waals surface area contributed by atoms with Gasteiger partial charge in [0.2, 0.25) is 5.91 Å². The standard InChI is InChI=1S/C19H19N3O4/c1-13-5-4-6-14(11-13)26-10-9-20-17(23)12-22-16-8-3-2-7-15(16)18(24)21-19(22)25/h2-8,11H,9-10,12H2,1H3,(H,20,23)(H,21,24,25). The summed E-state index contributed by atoms with van der Waals surface area (Å²) in [5.41, 5.74) is 0.442. The maximum absolute atomic E-state index is 12.1. The van der Waals surface area contributed by atoms with Crippen molar-refractivity contribution in [1.82, 2.24) is 14.9 Å². The number of fused-ring (bicyclic) bond motifs is 1. The number of nitrogens with zero attached hydrogens (tertiary/aromatic N) is 1. The van der Waals surface area contributed by atoms with Gasteiger partial charge in [0.05, 0.1) is 17.4 Å². The number of hydrogen-bond acceptors (Lipinski definition) is 4. The Morgan fingerprint density at radius 2 is 1.96 bits per heavy atom. The number of aromatic amines is 1. The van der Waals surface area contributed by atoms with Crippen molar-refractivity contribution in [1.29, 1.82) is 0 Å². The highest BCUT2D eigenvalue weighted by atomic mass is 16.5. The molecular weight excluding hydrogens is 334 g/mol. The van der Waals surface area contributed by atoms with Crippen LogP contribution in [-0.2, 0) is 11.3 Å². The maximum atomic E-state index is 12.1. The number of H-pyrrole nitrogens is 1. The zero-order valence-electron chi connectivity index (χ0n) is 14.3. The van der Waals surface area contributed by atoms with Crippen LogP contribution in [0.4, 0.5) is 0 Å². The summed E-state index contributed by atoms with van der Waals surface area (Å²) in [6.45, 7) is 2.42. The first kappa shape index (κ1) is 17.5. The topological polar surface area (TPSA) is 93.2 Å². The second kappa shape index (κ2) is 7.69. The molecule has 1 heterocycles. The minimum atomic E-state index is -0.611. The van der Waals surface area contributed by atoms with Crippen LogP contribution >= 0.6 is 0 Å². The van der Waals surface area contributed by atoms with Gasteiger partial charge in [-0.25, -0.2) is 4.79 Å². The SMILES string of the molecule is Cc1cccc(OCCNC(=O)Cn2c(=O)[nH]c(=O)c3ccccc32)c1. The monoisotopic (exact) mass is 353 g/mol.